The van der Waals surface area contributed by atoms with Crippen LogP contribution in [0.4, 0.5) is 13.2 Å². The first-order valence-electron chi connectivity index (χ1n) is 9.51. The van der Waals surface area contributed by atoms with Crippen LogP contribution in [0.1, 0.15) is 36.9 Å². The Morgan fingerprint density at radius 2 is 1.90 bits per heavy atom. The molecule has 2 heterocycles. The highest BCUT2D eigenvalue weighted by Gasteiger charge is 2.31. The van der Waals surface area contributed by atoms with Gasteiger partial charge < -0.3 is 9.55 Å². The third-order valence-electron chi connectivity index (χ3n) is 4.79. The molecule has 0 saturated carbocycles. The average Bonchev–Trinajstić information content (AvgIpc) is 3.04. The van der Waals surface area contributed by atoms with Crippen molar-refractivity contribution in [2.75, 3.05) is 0 Å². The number of alkyl halides is 3. The van der Waals surface area contributed by atoms with Crippen LogP contribution in [0, 0.1) is 0 Å². The van der Waals surface area contributed by atoms with Crippen LogP contribution in [0.5, 0.6) is 0 Å². The summed E-state index contributed by atoms with van der Waals surface area (Å²) in [5.74, 6) is 0.495. The molecule has 4 rings (SSSR count). The Morgan fingerprint density at radius 3 is 2.63 bits per heavy atom. The second kappa shape index (κ2) is 7.79. The minimum absolute atomic E-state index is 0.222. The monoisotopic (exact) mass is 432 g/mol. The molecular weight excluding hydrogens is 413 g/mol. The van der Waals surface area contributed by atoms with Gasteiger partial charge in [-0.2, -0.15) is 13.2 Å². The number of H-pyrrole nitrogens is 1. The molecule has 0 spiro atoms. The number of fused-ring (bicyclic) bond motifs is 2. The van der Waals surface area contributed by atoms with Crippen molar-refractivity contribution in [2.24, 2.45) is 0 Å². The summed E-state index contributed by atoms with van der Waals surface area (Å²) < 4.78 is 41.3. The van der Waals surface area contributed by atoms with Crippen LogP contribution in [-0.4, -0.2) is 19.5 Å². The largest absolute Gasteiger partial charge is 0.416 e. The number of hydrogen-bond donors (Lipinski definition) is 1. The number of halogens is 3. The summed E-state index contributed by atoms with van der Waals surface area (Å²) in [6.07, 6.45) is -3.67. The van der Waals surface area contributed by atoms with E-state index in [1.165, 1.54) is 17.8 Å². The van der Waals surface area contributed by atoms with Crippen LogP contribution in [0.15, 0.2) is 52.4 Å². The number of hydrogen-bond acceptors (Lipinski definition) is 4. The maximum Gasteiger partial charge on any atom is 0.416 e. The lowest BCUT2D eigenvalue weighted by Gasteiger charge is -2.13. The van der Waals surface area contributed by atoms with Crippen molar-refractivity contribution in [3.05, 3.63) is 64.2 Å². The molecule has 4 aromatic rings. The molecule has 9 heteroatoms. The Labute approximate surface area is 174 Å². The van der Waals surface area contributed by atoms with Crippen molar-refractivity contribution in [1.29, 1.82) is 0 Å². The number of nitrogens with one attached hydrogen (secondary N) is 1. The molecule has 2 aromatic heterocycles. The van der Waals surface area contributed by atoms with Gasteiger partial charge in [-0.05, 0) is 43.7 Å². The van der Waals surface area contributed by atoms with E-state index in [1.807, 2.05) is 19.9 Å². The SMILES string of the molecule is CCCn1c(SC(C)c2nc3ccccc3c(=O)[nH]2)nc2ccc(C(F)(F)F)cc21. The van der Waals surface area contributed by atoms with E-state index < -0.39 is 11.7 Å². The van der Waals surface area contributed by atoms with Crippen molar-refractivity contribution < 1.29 is 13.2 Å². The lowest BCUT2D eigenvalue weighted by Crippen LogP contribution is -2.13. The second-order valence-electron chi connectivity index (χ2n) is 6.98. The van der Waals surface area contributed by atoms with Gasteiger partial charge in [-0.3, -0.25) is 4.79 Å². The van der Waals surface area contributed by atoms with Crippen LogP contribution >= 0.6 is 11.8 Å². The number of imidazole rings is 1. The van der Waals surface area contributed by atoms with Crippen LogP contribution in [0.3, 0.4) is 0 Å². The van der Waals surface area contributed by atoms with E-state index in [2.05, 4.69) is 15.0 Å². The minimum atomic E-state index is -4.41. The number of thioether (sulfide) groups is 1. The van der Waals surface area contributed by atoms with Gasteiger partial charge in [0.25, 0.3) is 5.56 Å². The van der Waals surface area contributed by atoms with Gasteiger partial charge in [0.15, 0.2) is 5.16 Å². The molecule has 0 bridgehead atoms. The van der Waals surface area contributed by atoms with Gasteiger partial charge >= 0.3 is 6.18 Å². The zero-order valence-corrected chi connectivity index (χ0v) is 17.1. The molecule has 1 unspecified atom stereocenters. The molecular formula is C21H19F3N4OS. The molecule has 0 aliphatic carbocycles. The fourth-order valence-electron chi connectivity index (χ4n) is 3.32. The number of aryl methyl sites for hydroxylation is 1. The predicted octanol–water partition coefficient (Wildman–Crippen LogP) is 5.55. The smallest absolute Gasteiger partial charge is 0.319 e. The molecule has 30 heavy (non-hydrogen) atoms. The fraction of sp³-hybridized carbons (Fsp3) is 0.286. The van der Waals surface area contributed by atoms with Crippen LogP contribution in [0.25, 0.3) is 21.9 Å². The minimum Gasteiger partial charge on any atom is -0.319 e. The van der Waals surface area contributed by atoms with Gasteiger partial charge in [0, 0.05) is 6.54 Å². The summed E-state index contributed by atoms with van der Waals surface area (Å²) >= 11 is 1.36. The molecule has 0 aliphatic heterocycles. The number of rotatable bonds is 5. The lowest BCUT2D eigenvalue weighted by atomic mass is 10.2. The average molecular weight is 432 g/mol. The highest BCUT2D eigenvalue weighted by atomic mass is 32.2. The molecule has 0 saturated heterocycles. The molecule has 5 nitrogen and oxygen atoms in total. The van der Waals surface area contributed by atoms with E-state index in [0.717, 1.165) is 18.6 Å². The summed E-state index contributed by atoms with van der Waals surface area (Å²) in [6.45, 7) is 4.38. The van der Waals surface area contributed by atoms with Crippen molar-refractivity contribution in [2.45, 2.75) is 43.4 Å². The van der Waals surface area contributed by atoms with Crippen LogP contribution < -0.4 is 5.56 Å². The van der Waals surface area contributed by atoms with E-state index >= 15 is 0 Å². The zero-order chi connectivity index (χ0) is 21.5. The molecule has 0 radical (unpaired) electrons. The lowest BCUT2D eigenvalue weighted by molar-refractivity contribution is -0.137. The Bertz CT molecular complexity index is 1280. The fourth-order valence-corrected chi connectivity index (χ4v) is 4.33. The predicted molar refractivity (Wildman–Crippen MR) is 112 cm³/mol. The van der Waals surface area contributed by atoms with Gasteiger partial charge in [-0.1, -0.05) is 30.8 Å². The Kier molecular flexibility index (Phi) is 5.31. The van der Waals surface area contributed by atoms with Crippen molar-refractivity contribution >= 4 is 33.7 Å². The summed E-state index contributed by atoms with van der Waals surface area (Å²) in [7, 11) is 0. The van der Waals surface area contributed by atoms with Crippen molar-refractivity contribution in [3.8, 4) is 0 Å². The van der Waals surface area contributed by atoms with Crippen molar-refractivity contribution in [3.63, 3.8) is 0 Å². The van der Waals surface area contributed by atoms with Crippen LogP contribution in [-0.2, 0) is 12.7 Å². The Hall–Kier alpha value is -2.81. The second-order valence-corrected chi connectivity index (χ2v) is 8.28. The van der Waals surface area contributed by atoms with E-state index in [9.17, 15) is 18.0 Å². The Balaban J connectivity index is 1.74. The van der Waals surface area contributed by atoms with Crippen molar-refractivity contribution in [1.82, 2.24) is 19.5 Å². The number of aromatic amines is 1. The maximum atomic E-state index is 13.2. The van der Waals surface area contributed by atoms with Crippen LogP contribution in [0.2, 0.25) is 0 Å². The van der Waals surface area contributed by atoms with Gasteiger partial charge in [-0.15, -0.1) is 0 Å². The summed E-state index contributed by atoms with van der Waals surface area (Å²) in [4.78, 5) is 24.3. The molecule has 0 aliphatic rings. The number of aromatic nitrogens is 4. The first-order chi connectivity index (χ1) is 14.3. The van der Waals surface area contributed by atoms with E-state index in [-0.39, 0.29) is 10.8 Å². The molecule has 0 amide bonds. The topological polar surface area (TPSA) is 63.6 Å². The first-order valence-corrected chi connectivity index (χ1v) is 10.4. The highest BCUT2D eigenvalue weighted by molar-refractivity contribution is 7.99. The molecule has 156 valence electrons. The molecule has 1 N–H and O–H groups in total. The molecule has 0 fully saturated rings. The summed E-state index contributed by atoms with van der Waals surface area (Å²) in [5.41, 5.74) is 0.630. The van der Waals surface area contributed by atoms with Gasteiger partial charge in [-0.25, -0.2) is 9.97 Å². The normalized spacial score (nSPS) is 13.2. The maximum absolute atomic E-state index is 13.2. The third kappa shape index (κ3) is 3.81. The number of nitrogens with zero attached hydrogens (tertiary/aromatic N) is 3. The quantitative estimate of drug-likeness (QED) is 0.420. The first kappa shape index (κ1) is 20.5. The number of para-hydroxylation sites is 1. The standard InChI is InChI=1S/C21H19F3N4OS/c1-3-10-28-17-11-13(21(22,23)24)8-9-16(17)26-20(28)30-12(2)18-25-15-7-5-4-6-14(15)19(29)27-18/h4-9,11-12H,3,10H2,1-2H3,(H,25,27,29). The molecule has 2 aromatic carbocycles. The summed E-state index contributed by atoms with van der Waals surface area (Å²) in [5, 5.41) is 0.850. The van der Waals surface area contributed by atoms with Gasteiger partial charge in [0.2, 0.25) is 0 Å². The number of benzene rings is 2. The summed E-state index contributed by atoms with van der Waals surface area (Å²) in [6, 6.07) is 10.7. The van der Waals surface area contributed by atoms with E-state index in [1.54, 1.807) is 22.8 Å². The zero-order valence-electron chi connectivity index (χ0n) is 16.3. The van der Waals surface area contributed by atoms with E-state index in [4.69, 9.17) is 0 Å². The van der Waals surface area contributed by atoms with E-state index in [0.29, 0.717) is 39.5 Å². The highest BCUT2D eigenvalue weighted by Crippen LogP contribution is 2.37. The third-order valence-corrected chi connectivity index (χ3v) is 5.89. The van der Waals surface area contributed by atoms with Gasteiger partial charge in [0.1, 0.15) is 5.82 Å². The Morgan fingerprint density at radius 1 is 1.13 bits per heavy atom. The molecule has 1 atom stereocenters. The van der Waals surface area contributed by atoms with Gasteiger partial charge in [0.05, 0.1) is 32.7 Å².